The fraction of sp³-hybridized carbons (Fsp3) is 0.278. The Kier molecular flexibility index (Phi) is 4.39. The van der Waals surface area contributed by atoms with Crippen molar-refractivity contribution in [3.63, 3.8) is 0 Å². The van der Waals surface area contributed by atoms with Crippen LogP contribution in [0, 0.1) is 0 Å². The summed E-state index contributed by atoms with van der Waals surface area (Å²) in [5, 5.41) is 4.53. The number of pyridine rings is 1. The second-order valence-corrected chi connectivity index (χ2v) is 5.27. The van der Waals surface area contributed by atoms with Crippen molar-refractivity contribution in [3.8, 4) is 5.75 Å². The van der Waals surface area contributed by atoms with Crippen LogP contribution in [-0.4, -0.2) is 18.6 Å². The zero-order chi connectivity index (χ0) is 15.4. The topological polar surface area (TPSA) is 47.3 Å². The molecule has 0 aliphatic rings. The second-order valence-electron chi connectivity index (χ2n) is 5.27. The van der Waals surface area contributed by atoms with Gasteiger partial charge in [-0.25, -0.2) is 0 Å². The first-order valence-corrected chi connectivity index (χ1v) is 7.47. The van der Waals surface area contributed by atoms with Gasteiger partial charge in [0, 0.05) is 30.2 Å². The van der Waals surface area contributed by atoms with Crippen LogP contribution in [0.15, 0.2) is 53.1 Å². The van der Waals surface area contributed by atoms with Crippen LogP contribution in [0.25, 0.3) is 11.0 Å². The number of nitrogens with one attached hydrogen (secondary N) is 1. The number of methoxy groups -OCH3 is 1. The standard InChI is InChI=1S/C18H20N2O2/c1-13(19-11-9-15-7-3-4-10-20-15)17-12-14-6-5-8-16(21-2)18(14)22-17/h3-8,10,12-13,19H,9,11H2,1-2H3/t13-/m0/s1. The molecule has 0 saturated heterocycles. The van der Waals surface area contributed by atoms with Crippen molar-refractivity contribution in [1.29, 1.82) is 0 Å². The summed E-state index contributed by atoms with van der Waals surface area (Å²) >= 11 is 0. The molecule has 3 rings (SSSR count). The van der Waals surface area contributed by atoms with Crippen molar-refractivity contribution in [2.75, 3.05) is 13.7 Å². The average Bonchev–Trinajstić information content (AvgIpc) is 3.00. The van der Waals surface area contributed by atoms with Gasteiger partial charge in [0.15, 0.2) is 11.3 Å². The molecule has 2 heterocycles. The first-order chi connectivity index (χ1) is 10.8. The van der Waals surface area contributed by atoms with Crippen LogP contribution in [0.5, 0.6) is 5.75 Å². The highest BCUT2D eigenvalue weighted by Gasteiger charge is 2.13. The molecule has 3 aromatic rings. The minimum atomic E-state index is 0.140. The number of nitrogens with zero attached hydrogens (tertiary/aromatic N) is 1. The maximum absolute atomic E-state index is 5.95. The summed E-state index contributed by atoms with van der Waals surface area (Å²) in [4.78, 5) is 4.33. The number of hydrogen-bond donors (Lipinski definition) is 1. The highest BCUT2D eigenvalue weighted by molar-refractivity contribution is 5.83. The van der Waals surface area contributed by atoms with Crippen LogP contribution in [0.1, 0.15) is 24.4 Å². The Hall–Kier alpha value is -2.33. The molecule has 4 heteroatoms. The first-order valence-electron chi connectivity index (χ1n) is 7.47. The van der Waals surface area contributed by atoms with Crippen LogP contribution >= 0.6 is 0 Å². The lowest BCUT2D eigenvalue weighted by atomic mass is 10.2. The fourth-order valence-electron chi connectivity index (χ4n) is 2.49. The zero-order valence-electron chi connectivity index (χ0n) is 12.9. The molecule has 0 aliphatic carbocycles. The van der Waals surface area contributed by atoms with Gasteiger partial charge in [-0.05, 0) is 31.2 Å². The molecule has 1 aromatic carbocycles. The quantitative estimate of drug-likeness (QED) is 0.753. The van der Waals surface area contributed by atoms with E-state index >= 15 is 0 Å². The molecule has 114 valence electrons. The van der Waals surface area contributed by atoms with E-state index in [-0.39, 0.29) is 6.04 Å². The molecule has 0 saturated carbocycles. The molecular weight excluding hydrogens is 276 g/mol. The minimum Gasteiger partial charge on any atom is -0.493 e. The van der Waals surface area contributed by atoms with Crippen molar-refractivity contribution in [1.82, 2.24) is 10.3 Å². The van der Waals surface area contributed by atoms with Crippen molar-refractivity contribution < 1.29 is 9.15 Å². The maximum atomic E-state index is 5.95. The lowest BCUT2D eigenvalue weighted by Gasteiger charge is -2.10. The largest absolute Gasteiger partial charge is 0.493 e. The highest BCUT2D eigenvalue weighted by atomic mass is 16.5. The molecule has 2 aromatic heterocycles. The van der Waals surface area contributed by atoms with E-state index in [1.807, 2.05) is 42.6 Å². The van der Waals surface area contributed by atoms with Gasteiger partial charge in [0.1, 0.15) is 5.76 Å². The molecule has 0 radical (unpaired) electrons. The zero-order valence-corrected chi connectivity index (χ0v) is 12.9. The summed E-state index contributed by atoms with van der Waals surface area (Å²) in [5.74, 6) is 1.69. The molecule has 0 spiro atoms. The van der Waals surface area contributed by atoms with Gasteiger partial charge in [0.2, 0.25) is 0 Å². The summed E-state index contributed by atoms with van der Waals surface area (Å²) in [5.41, 5.74) is 1.90. The van der Waals surface area contributed by atoms with Gasteiger partial charge in [0.05, 0.1) is 13.2 Å². The number of benzene rings is 1. The lowest BCUT2D eigenvalue weighted by Crippen LogP contribution is -2.21. The molecule has 1 N–H and O–H groups in total. The van der Waals surface area contributed by atoms with E-state index in [2.05, 4.69) is 23.3 Å². The van der Waals surface area contributed by atoms with E-state index in [0.717, 1.165) is 41.1 Å². The molecule has 0 fully saturated rings. The van der Waals surface area contributed by atoms with Crippen LogP contribution < -0.4 is 10.1 Å². The second kappa shape index (κ2) is 6.62. The molecule has 4 nitrogen and oxygen atoms in total. The van der Waals surface area contributed by atoms with E-state index in [4.69, 9.17) is 9.15 Å². The van der Waals surface area contributed by atoms with E-state index in [1.54, 1.807) is 7.11 Å². The third kappa shape index (κ3) is 3.12. The van der Waals surface area contributed by atoms with Gasteiger partial charge in [-0.1, -0.05) is 18.2 Å². The Labute approximate surface area is 130 Å². The number of fused-ring (bicyclic) bond motifs is 1. The van der Waals surface area contributed by atoms with Crippen LogP contribution in [0.4, 0.5) is 0 Å². The van der Waals surface area contributed by atoms with Gasteiger partial charge in [0.25, 0.3) is 0 Å². The van der Waals surface area contributed by atoms with Crippen molar-refractivity contribution >= 4 is 11.0 Å². The Bertz CT molecular complexity index is 737. The molecule has 22 heavy (non-hydrogen) atoms. The summed E-state index contributed by atoms with van der Waals surface area (Å²) in [6.45, 7) is 2.95. The summed E-state index contributed by atoms with van der Waals surface area (Å²) in [6.07, 6.45) is 2.72. The molecule has 0 bridgehead atoms. The number of ether oxygens (including phenoxy) is 1. The van der Waals surface area contributed by atoms with Crippen LogP contribution in [0.3, 0.4) is 0 Å². The van der Waals surface area contributed by atoms with Crippen molar-refractivity contribution in [2.45, 2.75) is 19.4 Å². The Balaban J connectivity index is 1.66. The van der Waals surface area contributed by atoms with Crippen LogP contribution in [0.2, 0.25) is 0 Å². The average molecular weight is 296 g/mol. The summed E-state index contributed by atoms with van der Waals surface area (Å²) < 4.78 is 11.3. The number of aromatic nitrogens is 1. The van der Waals surface area contributed by atoms with Gasteiger partial charge in [-0.3, -0.25) is 4.98 Å². The maximum Gasteiger partial charge on any atom is 0.176 e. The summed E-state index contributed by atoms with van der Waals surface area (Å²) in [6, 6.07) is 14.1. The van der Waals surface area contributed by atoms with E-state index < -0.39 is 0 Å². The van der Waals surface area contributed by atoms with Gasteiger partial charge in [-0.2, -0.15) is 0 Å². The summed E-state index contributed by atoms with van der Waals surface area (Å²) in [7, 11) is 1.66. The van der Waals surface area contributed by atoms with E-state index in [9.17, 15) is 0 Å². The lowest BCUT2D eigenvalue weighted by molar-refractivity contribution is 0.400. The fourth-order valence-corrected chi connectivity index (χ4v) is 2.49. The Morgan fingerprint density at radius 2 is 2.14 bits per heavy atom. The Morgan fingerprint density at radius 3 is 2.91 bits per heavy atom. The van der Waals surface area contributed by atoms with Crippen LogP contribution in [-0.2, 0) is 6.42 Å². The predicted octanol–water partition coefficient (Wildman–Crippen LogP) is 3.73. The monoisotopic (exact) mass is 296 g/mol. The first kappa shape index (κ1) is 14.6. The number of para-hydroxylation sites is 1. The molecule has 0 aliphatic heterocycles. The van der Waals surface area contributed by atoms with E-state index in [0.29, 0.717) is 0 Å². The number of rotatable bonds is 6. The Morgan fingerprint density at radius 1 is 1.23 bits per heavy atom. The molecule has 0 unspecified atom stereocenters. The van der Waals surface area contributed by atoms with E-state index in [1.165, 1.54) is 0 Å². The number of furan rings is 1. The van der Waals surface area contributed by atoms with Crippen molar-refractivity contribution in [2.24, 2.45) is 0 Å². The smallest absolute Gasteiger partial charge is 0.176 e. The van der Waals surface area contributed by atoms with Gasteiger partial charge in [-0.15, -0.1) is 0 Å². The predicted molar refractivity (Wildman–Crippen MR) is 87.1 cm³/mol. The number of hydrogen-bond acceptors (Lipinski definition) is 4. The normalized spacial score (nSPS) is 12.5. The third-order valence-corrected chi connectivity index (χ3v) is 3.73. The molecular formula is C18H20N2O2. The SMILES string of the molecule is COc1cccc2cc([C@H](C)NCCc3ccccn3)oc12. The molecule has 1 atom stereocenters. The van der Waals surface area contributed by atoms with Crippen molar-refractivity contribution in [3.05, 3.63) is 60.1 Å². The highest BCUT2D eigenvalue weighted by Crippen LogP contribution is 2.30. The minimum absolute atomic E-state index is 0.140. The third-order valence-electron chi connectivity index (χ3n) is 3.73. The molecule has 0 amide bonds. The van der Waals surface area contributed by atoms with Gasteiger partial charge >= 0.3 is 0 Å². The van der Waals surface area contributed by atoms with Gasteiger partial charge < -0.3 is 14.5 Å².